The van der Waals surface area contributed by atoms with Crippen molar-refractivity contribution in [1.29, 1.82) is 0 Å². The maximum Gasteiger partial charge on any atom is 0.573 e. The number of aromatic nitrogens is 1. The molecule has 0 saturated heterocycles. The quantitative estimate of drug-likeness (QED) is 0.419. The normalized spacial score (nSPS) is 11.6. The van der Waals surface area contributed by atoms with Crippen LogP contribution in [0.3, 0.4) is 0 Å². The molecule has 1 heterocycles. The van der Waals surface area contributed by atoms with E-state index in [4.69, 9.17) is 0 Å². The zero-order valence-electron chi connectivity index (χ0n) is 11.2. The van der Waals surface area contributed by atoms with E-state index in [0.717, 1.165) is 6.07 Å². The maximum absolute atomic E-state index is 12.9. The minimum absolute atomic E-state index is 0.0844. The number of ether oxygens (including phenoxy) is 2. The summed E-state index contributed by atoms with van der Waals surface area (Å²) in [4.78, 5) is 14.7. The third-order valence-corrected chi connectivity index (χ3v) is 2.93. The summed E-state index contributed by atoms with van der Waals surface area (Å²) in [5.41, 5.74) is -1.49. The van der Waals surface area contributed by atoms with Crippen LogP contribution in [0.5, 0.6) is 5.75 Å². The van der Waals surface area contributed by atoms with Gasteiger partial charge in [0.2, 0.25) is 0 Å². The second-order valence-electron chi connectivity index (χ2n) is 3.95. The number of alkyl halides is 6. The van der Waals surface area contributed by atoms with Crippen molar-refractivity contribution in [3.05, 3.63) is 23.0 Å². The van der Waals surface area contributed by atoms with Crippen molar-refractivity contribution in [3.8, 4) is 5.75 Å². The van der Waals surface area contributed by atoms with Crippen LogP contribution < -0.4 is 4.74 Å². The van der Waals surface area contributed by atoms with E-state index in [9.17, 15) is 26.7 Å². The van der Waals surface area contributed by atoms with Crippen molar-refractivity contribution in [1.82, 2.24) is 4.98 Å². The Morgan fingerprint density at radius 1 is 1.41 bits per heavy atom. The van der Waals surface area contributed by atoms with E-state index >= 15 is 0 Å². The maximum atomic E-state index is 12.9. The van der Waals surface area contributed by atoms with Gasteiger partial charge < -0.3 is 9.47 Å². The first-order valence-corrected chi connectivity index (χ1v) is 7.08. The number of rotatable bonds is 6. The molecule has 0 amide bonds. The van der Waals surface area contributed by atoms with Crippen molar-refractivity contribution >= 4 is 21.9 Å². The van der Waals surface area contributed by atoms with Gasteiger partial charge in [0.15, 0.2) is 5.75 Å². The molecule has 0 aliphatic rings. The molecule has 10 heteroatoms. The van der Waals surface area contributed by atoms with Crippen molar-refractivity contribution in [3.63, 3.8) is 0 Å². The summed E-state index contributed by atoms with van der Waals surface area (Å²) in [5.74, 6) is -1.78. The third-order valence-electron chi connectivity index (χ3n) is 2.33. The second-order valence-corrected chi connectivity index (χ2v) is 4.51. The monoisotopic (exact) mass is 391 g/mol. The zero-order valence-corrected chi connectivity index (χ0v) is 12.8. The molecule has 4 nitrogen and oxygen atoms in total. The van der Waals surface area contributed by atoms with Crippen LogP contribution in [0.4, 0.5) is 22.0 Å². The van der Waals surface area contributed by atoms with Crippen LogP contribution in [-0.2, 0) is 21.3 Å². The summed E-state index contributed by atoms with van der Waals surface area (Å²) in [5, 5.41) is -0.184. The van der Waals surface area contributed by atoms with E-state index in [1.807, 2.05) is 0 Å². The molecule has 0 N–H and O–H groups in total. The minimum atomic E-state index is -5.13. The molecule has 0 bridgehead atoms. The van der Waals surface area contributed by atoms with Crippen LogP contribution in [0, 0.1) is 0 Å². The van der Waals surface area contributed by atoms with Crippen LogP contribution in [0.2, 0.25) is 0 Å². The highest BCUT2D eigenvalue weighted by Crippen LogP contribution is 2.36. The molecule has 0 aliphatic heterocycles. The van der Waals surface area contributed by atoms with Gasteiger partial charge in [-0.3, -0.25) is 4.79 Å². The molecule has 1 aromatic heterocycles. The largest absolute Gasteiger partial charge is 0.573 e. The van der Waals surface area contributed by atoms with Gasteiger partial charge in [-0.1, -0.05) is 15.9 Å². The Hall–Kier alpha value is -1.45. The Bertz CT molecular complexity index is 536. The highest BCUT2D eigenvalue weighted by molar-refractivity contribution is 9.08. The number of halogens is 6. The zero-order chi connectivity index (χ0) is 16.9. The molecule has 0 fully saturated rings. The van der Waals surface area contributed by atoms with Crippen LogP contribution in [0.25, 0.3) is 0 Å². The van der Waals surface area contributed by atoms with Gasteiger partial charge >= 0.3 is 12.3 Å². The first-order chi connectivity index (χ1) is 10.2. The predicted octanol–water partition coefficient (Wildman–Crippen LogP) is 3.92. The summed E-state index contributed by atoms with van der Waals surface area (Å²) in [7, 11) is 0. The smallest absolute Gasteiger partial charge is 0.466 e. The third kappa shape index (κ3) is 5.39. The minimum Gasteiger partial charge on any atom is -0.466 e. The topological polar surface area (TPSA) is 48.4 Å². The van der Waals surface area contributed by atoms with Crippen molar-refractivity contribution < 1.29 is 36.2 Å². The van der Waals surface area contributed by atoms with Gasteiger partial charge in [0.1, 0.15) is 5.69 Å². The predicted molar refractivity (Wildman–Crippen MR) is 68.8 cm³/mol. The highest BCUT2D eigenvalue weighted by atomic mass is 79.9. The van der Waals surface area contributed by atoms with Crippen LogP contribution in [0.15, 0.2) is 6.07 Å². The molecule has 1 rings (SSSR count). The van der Waals surface area contributed by atoms with E-state index in [1.165, 1.54) is 0 Å². The lowest BCUT2D eigenvalue weighted by atomic mass is 10.1. The average molecular weight is 392 g/mol. The number of hydrogen-bond acceptors (Lipinski definition) is 4. The van der Waals surface area contributed by atoms with Gasteiger partial charge in [0.05, 0.1) is 18.7 Å². The summed E-state index contributed by atoms with van der Waals surface area (Å²) in [6, 6.07) is 1.08. The Kier molecular flexibility index (Phi) is 6.51. The second kappa shape index (κ2) is 7.70. The lowest BCUT2D eigenvalue weighted by Crippen LogP contribution is -2.20. The number of carbonyl (C=O) groups is 1. The van der Waals surface area contributed by atoms with Gasteiger partial charge in [0.25, 0.3) is 6.43 Å². The van der Waals surface area contributed by atoms with E-state index in [1.54, 1.807) is 6.92 Å². The first-order valence-electron chi connectivity index (χ1n) is 5.96. The molecule has 1 aromatic rings. The van der Waals surface area contributed by atoms with Crippen molar-refractivity contribution in [2.24, 2.45) is 0 Å². The summed E-state index contributed by atoms with van der Waals surface area (Å²) >= 11 is 2.89. The van der Waals surface area contributed by atoms with E-state index in [-0.39, 0.29) is 23.2 Å². The summed E-state index contributed by atoms with van der Waals surface area (Å²) < 4.78 is 71.1. The number of carbonyl (C=O) groups excluding carboxylic acids is 1. The molecular formula is C12H11BrF5NO3. The Balaban J connectivity index is 3.25. The first kappa shape index (κ1) is 18.6. The Labute approximate surface area is 130 Å². The van der Waals surface area contributed by atoms with E-state index in [0.29, 0.717) is 0 Å². The molecule has 0 atom stereocenters. The molecule has 0 unspecified atom stereocenters. The highest BCUT2D eigenvalue weighted by Gasteiger charge is 2.35. The molecule has 0 radical (unpaired) electrons. The van der Waals surface area contributed by atoms with Crippen molar-refractivity contribution in [2.75, 3.05) is 6.61 Å². The fourth-order valence-corrected chi connectivity index (χ4v) is 2.02. The fraction of sp³-hybridized carbons (Fsp3) is 0.500. The molecule has 0 saturated carbocycles. The van der Waals surface area contributed by atoms with Gasteiger partial charge in [-0.2, -0.15) is 0 Å². The Morgan fingerprint density at radius 3 is 2.50 bits per heavy atom. The molecule has 0 spiro atoms. The number of nitrogens with zero attached hydrogens (tertiary/aromatic N) is 1. The van der Waals surface area contributed by atoms with E-state index < -0.39 is 36.6 Å². The molecule has 0 aromatic carbocycles. The average Bonchev–Trinajstić information content (AvgIpc) is 2.38. The molecule has 124 valence electrons. The molecule has 0 aliphatic carbocycles. The van der Waals surface area contributed by atoms with Crippen LogP contribution in [-0.4, -0.2) is 23.9 Å². The Morgan fingerprint density at radius 2 is 2.05 bits per heavy atom. The van der Waals surface area contributed by atoms with Gasteiger partial charge in [-0.25, -0.2) is 13.8 Å². The van der Waals surface area contributed by atoms with Crippen molar-refractivity contribution in [2.45, 2.75) is 31.5 Å². The molecular weight excluding hydrogens is 381 g/mol. The lowest BCUT2D eigenvalue weighted by Gasteiger charge is -2.16. The summed E-state index contributed by atoms with van der Waals surface area (Å²) in [6.45, 7) is 1.64. The number of esters is 1. The number of hydrogen-bond donors (Lipinski definition) is 0. The van der Waals surface area contributed by atoms with E-state index in [2.05, 4.69) is 30.4 Å². The summed E-state index contributed by atoms with van der Waals surface area (Å²) in [6.07, 6.45) is -8.86. The van der Waals surface area contributed by atoms with Gasteiger partial charge in [-0.15, -0.1) is 13.2 Å². The van der Waals surface area contributed by atoms with Crippen LogP contribution in [0.1, 0.15) is 30.3 Å². The number of pyridine rings is 1. The van der Waals surface area contributed by atoms with Gasteiger partial charge in [0, 0.05) is 10.9 Å². The SMILES string of the molecule is CCOC(=O)Cc1cc(CBr)c(OC(F)(F)F)c(C(F)F)n1. The van der Waals surface area contributed by atoms with Crippen LogP contribution >= 0.6 is 15.9 Å². The lowest BCUT2D eigenvalue weighted by molar-refractivity contribution is -0.275. The fourth-order valence-electron chi connectivity index (χ4n) is 1.60. The standard InChI is InChI=1S/C12H11BrF5NO3/c1-2-21-8(20)4-7-3-6(5-13)10(22-12(16,17)18)9(19-7)11(14)15/h3,11H,2,4-5H2,1H3. The molecule has 22 heavy (non-hydrogen) atoms. The van der Waals surface area contributed by atoms with Gasteiger partial charge in [-0.05, 0) is 13.0 Å².